The van der Waals surface area contributed by atoms with Crippen molar-refractivity contribution < 1.29 is 9.72 Å². The predicted octanol–water partition coefficient (Wildman–Crippen LogP) is 6.91. The van der Waals surface area contributed by atoms with Gasteiger partial charge < -0.3 is 15.2 Å². The molecule has 1 unspecified atom stereocenters. The van der Waals surface area contributed by atoms with E-state index < -0.39 is 4.92 Å². The van der Waals surface area contributed by atoms with Gasteiger partial charge in [0.25, 0.3) is 5.91 Å². The Balaban J connectivity index is 1.41. The fraction of sp³-hybridized carbons (Fsp3) is 0.241. The van der Waals surface area contributed by atoms with Crippen LogP contribution in [0.3, 0.4) is 0 Å². The Morgan fingerprint density at radius 3 is 2.62 bits per heavy atom. The second-order valence-electron chi connectivity index (χ2n) is 9.48. The Bertz CT molecular complexity index is 1550. The van der Waals surface area contributed by atoms with Gasteiger partial charge in [0.05, 0.1) is 4.92 Å². The molecule has 2 N–H and O–H groups in total. The van der Waals surface area contributed by atoms with Crippen LogP contribution in [0.2, 0.25) is 10.0 Å². The number of aryl methyl sites for hydroxylation is 2. The molecule has 2 aromatic heterocycles. The molecule has 40 heavy (non-hydrogen) atoms. The van der Waals surface area contributed by atoms with Gasteiger partial charge in [-0.05, 0) is 42.7 Å². The smallest absolute Gasteiger partial charge is 0.311 e. The molecule has 1 saturated heterocycles. The number of carbonyl (C=O) groups excluding carboxylic acids is 1. The van der Waals surface area contributed by atoms with Gasteiger partial charge in [-0.25, -0.2) is 4.98 Å². The molecule has 0 radical (unpaired) electrons. The van der Waals surface area contributed by atoms with Gasteiger partial charge in [-0.2, -0.15) is 11.8 Å². The van der Waals surface area contributed by atoms with Crippen molar-refractivity contribution in [3.63, 3.8) is 0 Å². The Morgan fingerprint density at radius 1 is 1.10 bits per heavy atom. The van der Waals surface area contributed by atoms with E-state index in [1.165, 1.54) is 11.6 Å². The van der Waals surface area contributed by atoms with Crippen molar-refractivity contribution in [3.8, 4) is 11.1 Å². The molecule has 4 aromatic rings. The highest BCUT2D eigenvalue weighted by Gasteiger charge is 2.30. The standard InChI is InChI=1S/C29H27Cl2N5O3S/c30-20-8-10-22(24(31)17-20)23-12-14-34(13-4-7-21-9-11-25(36(38)39)28(32)33-21)27(23)29(37)35-15-16-40-26(18-35)19-5-2-1-3-6-19/h1-3,5-6,8-12,14,17,26H,4,7,13,15-16,18H2,(H2,32,33). The maximum atomic E-state index is 14.1. The number of carbonyl (C=O) groups is 1. The minimum atomic E-state index is -0.547. The number of nitrogens with two attached hydrogens (primary N) is 1. The number of hydrogen-bond donors (Lipinski definition) is 1. The summed E-state index contributed by atoms with van der Waals surface area (Å²) in [4.78, 5) is 30.8. The van der Waals surface area contributed by atoms with Crippen LogP contribution in [0.1, 0.15) is 33.4 Å². The highest BCUT2D eigenvalue weighted by Crippen LogP contribution is 2.37. The SMILES string of the molecule is Nc1nc(CCCn2ccc(-c3ccc(Cl)cc3Cl)c2C(=O)N2CCSC(c3ccccc3)C2)ccc1[N+](=O)[O-]. The Kier molecular flexibility index (Phi) is 8.63. The molecule has 0 saturated carbocycles. The number of thioether (sulfide) groups is 1. The first-order valence-electron chi connectivity index (χ1n) is 12.8. The molecule has 1 atom stereocenters. The zero-order valence-electron chi connectivity index (χ0n) is 21.5. The molecule has 3 heterocycles. The monoisotopic (exact) mass is 595 g/mol. The van der Waals surface area contributed by atoms with Crippen molar-refractivity contribution in [3.05, 3.63) is 110 Å². The number of aromatic nitrogens is 2. The van der Waals surface area contributed by atoms with E-state index in [-0.39, 0.29) is 22.7 Å². The number of amides is 1. The average Bonchev–Trinajstić information content (AvgIpc) is 3.36. The number of benzene rings is 2. The lowest BCUT2D eigenvalue weighted by molar-refractivity contribution is -0.384. The van der Waals surface area contributed by atoms with E-state index in [2.05, 4.69) is 17.1 Å². The van der Waals surface area contributed by atoms with Crippen molar-refractivity contribution in [2.24, 2.45) is 0 Å². The maximum Gasteiger partial charge on any atom is 0.311 e. The number of nitrogens with zero attached hydrogens (tertiary/aromatic N) is 4. The predicted molar refractivity (Wildman–Crippen MR) is 161 cm³/mol. The van der Waals surface area contributed by atoms with Gasteiger partial charge in [-0.15, -0.1) is 0 Å². The second-order valence-corrected chi connectivity index (χ2v) is 11.6. The van der Waals surface area contributed by atoms with Gasteiger partial charge in [0.1, 0.15) is 5.69 Å². The summed E-state index contributed by atoms with van der Waals surface area (Å²) in [6.45, 7) is 1.80. The van der Waals surface area contributed by atoms with Gasteiger partial charge >= 0.3 is 5.69 Å². The summed E-state index contributed by atoms with van der Waals surface area (Å²) in [6, 6.07) is 20.4. The molecule has 1 amide bonds. The molecule has 206 valence electrons. The summed E-state index contributed by atoms with van der Waals surface area (Å²) >= 11 is 14.6. The van der Waals surface area contributed by atoms with Crippen LogP contribution in [0.5, 0.6) is 0 Å². The average molecular weight is 597 g/mol. The van der Waals surface area contributed by atoms with Crippen LogP contribution in [0, 0.1) is 10.1 Å². The van der Waals surface area contributed by atoms with Gasteiger partial charge in [0.15, 0.2) is 0 Å². The molecule has 0 aliphatic carbocycles. The fourth-order valence-electron chi connectivity index (χ4n) is 4.91. The van der Waals surface area contributed by atoms with Crippen LogP contribution in [0.4, 0.5) is 11.5 Å². The second kappa shape index (κ2) is 12.3. The normalized spacial score (nSPS) is 15.2. The highest BCUT2D eigenvalue weighted by molar-refractivity contribution is 7.99. The summed E-state index contributed by atoms with van der Waals surface area (Å²) in [5.74, 6) is 0.691. The quantitative estimate of drug-likeness (QED) is 0.175. The van der Waals surface area contributed by atoms with Crippen LogP contribution in [-0.4, -0.2) is 44.1 Å². The Morgan fingerprint density at radius 2 is 1.90 bits per heavy atom. The number of nitrogen functional groups attached to an aromatic ring is 1. The first kappa shape index (κ1) is 28.0. The zero-order valence-corrected chi connectivity index (χ0v) is 23.8. The van der Waals surface area contributed by atoms with Crippen LogP contribution in [-0.2, 0) is 13.0 Å². The van der Waals surface area contributed by atoms with E-state index in [4.69, 9.17) is 28.9 Å². The van der Waals surface area contributed by atoms with Gasteiger partial charge in [-0.3, -0.25) is 14.9 Å². The number of halogens is 2. The van der Waals surface area contributed by atoms with Gasteiger partial charge in [0.2, 0.25) is 5.82 Å². The number of anilines is 1. The van der Waals surface area contributed by atoms with Gasteiger partial charge in [0, 0.05) is 69.8 Å². The lowest BCUT2D eigenvalue weighted by Crippen LogP contribution is -2.40. The molecule has 0 spiro atoms. The minimum Gasteiger partial charge on any atom is -0.378 e. The van der Waals surface area contributed by atoms with Crippen molar-refractivity contribution in [1.82, 2.24) is 14.5 Å². The van der Waals surface area contributed by atoms with E-state index in [1.54, 1.807) is 18.2 Å². The largest absolute Gasteiger partial charge is 0.378 e. The number of rotatable bonds is 8. The van der Waals surface area contributed by atoms with Crippen molar-refractivity contribution in [2.75, 3.05) is 24.6 Å². The zero-order chi connectivity index (χ0) is 28.2. The summed E-state index contributed by atoms with van der Waals surface area (Å²) in [5, 5.41) is 12.2. The van der Waals surface area contributed by atoms with Crippen LogP contribution in [0.25, 0.3) is 11.1 Å². The summed E-state index contributed by atoms with van der Waals surface area (Å²) in [5.41, 5.74) is 9.47. The number of pyridine rings is 1. The summed E-state index contributed by atoms with van der Waals surface area (Å²) < 4.78 is 1.95. The topological polar surface area (TPSA) is 107 Å². The van der Waals surface area contributed by atoms with Crippen LogP contribution >= 0.6 is 35.0 Å². The van der Waals surface area contributed by atoms with Gasteiger partial charge in [-0.1, -0.05) is 59.6 Å². The molecule has 5 rings (SSSR count). The molecule has 11 heteroatoms. The summed E-state index contributed by atoms with van der Waals surface area (Å²) in [6.07, 6.45) is 3.09. The maximum absolute atomic E-state index is 14.1. The highest BCUT2D eigenvalue weighted by atomic mass is 35.5. The lowest BCUT2D eigenvalue weighted by Gasteiger charge is -2.33. The van der Waals surface area contributed by atoms with Crippen molar-refractivity contribution >= 4 is 52.4 Å². The van der Waals surface area contributed by atoms with Crippen LogP contribution in [0.15, 0.2) is 72.9 Å². The third-order valence-electron chi connectivity index (χ3n) is 6.90. The molecule has 8 nitrogen and oxygen atoms in total. The van der Waals surface area contributed by atoms with Crippen molar-refractivity contribution in [1.29, 1.82) is 0 Å². The molecule has 1 fully saturated rings. The third-order valence-corrected chi connectivity index (χ3v) is 8.69. The molecule has 2 aromatic carbocycles. The molecular weight excluding hydrogens is 569 g/mol. The lowest BCUT2D eigenvalue weighted by atomic mass is 10.0. The Hall–Kier alpha value is -3.53. The number of hydrogen-bond acceptors (Lipinski definition) is 6. The van der Waals surface area contributed by atoms with E-state index in [0.717, 1.165) is 16.9 Å². The first-order chi connectivity index (χ1) is 19.3. The molecule has 1 aliphatic rings. The first-order valence-corrected chi connectivity index (χ1v) is 14.6. The fourth-order valence-corrected chi connectivity index (χ4v) is 6.66. The van der Waals surface area contributed by atoms with Crippen molar-refractivity contribution in [2.45, 2.75) is 24.6 Å². The third kappa shape index (κ3) is 6.11. The van der Waals surface area contributed by atoms with Crippen LogP contribution < -0.4 is 5.73 Å². The van der Waals surface area contributed by atoms with E-state index in [9.17, 15) is 14.9 Å². The van der Waals surface area contributed by atoms with E-state index in [1.807, 2.05) is 57.8 Å². The minimum absolute atomic E-state index is 0.0510. The van der Waals surface area contributed by atoms with E-state index in [0.29, 0.717) is 53.9 Å². The van der Waals surface area contributed by atoms with E-state index >= 15 is 0 Å². The number of nitro groups is 1. The molecular formula is C29H27Cl2N5O3S. The summed E-state index contributed by atoms with van der Waals surface area (Å²) in [7, 11) is 0. The molecule has 1 aliphatic heterocycles. The molecule has 0 bridgehead atoms. The Labute approximate surface area is 246 Å².